The third-order valence-corrected chi connectivity index (χ3v) is 5.53. The fourth-order valence-corrected chi connectivity index (χ4v) is 4.28. The molecule has 2 heterocycles. The van der Waals surface area contributed by atoms with Crippen molar-refractivity contribution in [1.29, 1.82) is 0 Å². The van der Waals surface area contributed by atoms with Crippen molar-refractivity contribution in [2.45, 2.75) is 6.42 Å². The second-order valence-electron chi connectivity index (χ2n) is 7.04. The molecule has 0 atom stereocenters. The molecule has 5 heteroatoms. The summed E-state index contributed by atoms with van der Waals surface area (Å²) in [6, 6.07) is 14.9. The summed E-state index contributed by atoms with van der Waals surface area (Å²) in [4.78, 5) is 17.4. The van der Waals surface area contributed by atoms with Crippen LogP contribution in [0.2, 0.25) is 0 Å². The first kappa shape index (κ1) is 15.9. The summed E-state index contributed by atoms with van der Waals surface area (Å²) < 4.78 is 15.4. The number of amides is 1. The largest absolute Gasteiger partial charge is 0.374 e. The molecular weight excluding hydrogens is 341 g/mol. The number of hydrogen-bond donors (Lipinski definition) is 2. The molecule has 0 fully saturated rings. The number of anilines is 1. The maximum Gasteiger partial charge on any atom is 0.250 e. The van der Waals surface area contributed by atoms with Gasteiger partial charge in [-0.15, -0.1) is 0 Å². The van der Waals surface area contributed by atoms with Crippen LogP contribution in [0.1, 0.15) is 15.9 Å². The van der Waals surface area contributed by atoms with Gasteiger partial charge in [-0.25, -0.2) is 4.39 Å². The van der Waals surface area contributed by atoms with Gasteiger partial charge >= 0.3 is 0 Å². The van der Waals surface area contributed by atoms with Crippen molar-refractivity contribution < 1.29 is 9.18 Å². The number of likely N-dealkylation sites (N-methyl/N-ethyl adjacent to an activating group) is 1. The Balaban J connectivity index is 1.96. The quantitative estimate of drug-likeness (QED) is 0.563. The Kier molecular flexibility index (Phi) is 3.28. The zero-order valence-corrected chi connectivity index (χ0v) is 14.8. The van der Waals surface area contributed by atoms with Crippen LogP contribution in [0, 0.1) is 5.82 Å². The highest BCUT2D eigenvalue weighted by atomic mass is 19.1. The molecule has 1 aliphatic heterocycles. The van der Waals surface area contributed by atoms with Gasteiger partial charge in [-0.05, 0) is 35.7 Å². The minimum atomic E-state index is -0.643. The number of nitrogens with one attached hydrogen (secondary N) is 1. The van der Waals surface area contributed by atoms with Crippen LogP contribution in [0.4, 0.5) is 10.1 Å². The van der Waals surface area contributed by atoms with E-state index in [2.05, 4.69) is 16.0 Å². The molecule has 4 aromatic rings. The van der Waals surface area contributed by atoms with E-state index in [0.29, 0.717) is 16.5 Å². The normalized spacial score (nSPS) is 13.5. The predicted octanol–water partition coefficient (Wildman–Crippen LogP) is 4.22. The van der Waals surface area contributed by atoms with Crippen LogP contribution < -0.4 is 10.6 Å². The molecule has 1 amide bonds. The van der Waals surface area contributed by atoms with Crippen molar-refractivity contribution in [3.05, 3.63) is 65.5 Å². The summed E-state index contributed by atoms with van der Waals surface area (Å²) >= 11 is 0. The van der Waals surface area contributed by atoms with Crippen molar-refractivity contribution in [1.82, 2.24) is 4.98 Å². The summed E-state index contributed by atoms with van der Waals surface area (Å²) in [5.74, 6) is -1.07. The van der Waals surface area contributed by atoms with Crippen LogP contribution in [0.3, 0.4) is 0 Å². The molecular formula is C22H18FN3O. The van der Waals surface area contributed by atoms with E-state index in [9.17, 15) is 4.79 Å². The zero-order chi connectivity index (χ0) is 18.7. The molecule has 5 rings (SSSR count). The summed E-state index contributed by atoms with van der Waals surface area (Å²) in [5, 5.41) is 1.59. The summed E-state index contributed by atoms with van der Waals surface area (Å²) in [6.07, 6.45) is 0.864. The molecule has 0 aliphatic carbocycles. The number of benzene rings is 3. The van der Waals surface area contributed by atoms with Gasteiger partial charge < -0.3 is 15.6 Å². The molecule has 3 aromatic carbocycles. The average Bonchev–Trinajstić information content (AvgIpc) is 3.22. The number of nitrogens with zero attached hydrogens (tertiary/aromatic N) is 1. The Morgan fingerprint density at radius 2 is 2.00 bits per heavy atom. The van der Waals surface area contributed by atoms with E-state index in [-0.39, 0.29) is 5.56 Å². The van der Waals surface area contributed by atoms with Crippen molar-refractivity contribution >= 4 is 33.4 Å². The van der Waals surface area contributed by atoms with Crippen molar-refractivity contribution in [2.24, 2.45) is 5.73 Å². The second-order valence-corrected chi connectivity index (χ2v) is 7.04. The first-order valence-corrected chi connectivity index (χ1v) is 8.92. The lowest BCUT2D eigenvalue weighted by Crippen LogP contribution is -2.12. The van der Waals surface area contributed by atoms with Gasteiger partial charge in [-0.1, -0.05) is 30.3 Å². The molecule has 0 spiro atoms. The van der Waals surface area contributed by atoms with Crippen LogP contribution >= 0.6 is 0 Å². The number of carbonyl (C=O) groups is 1. The second kappa shape index (κ2) is 5.58. The lowest BCUT2D eigenvalue weighted by Gasteiger charge is -2.15. The fourth-order valence-electron chi connectivity index (χ4n) is 4.28. The van der Waals surface area contributed by atoms with Gasteiger partial charge in [-0.3, -0.25) is 4.79 Å². The highest BCUT2D eigenvalue weighted by Gasteiger charge is 2.25. The van der Waals surface area contributed by atoms with Crippen LogP contribution in [0.15, 0.2) is 48.5 Å². The lowest BCUT2D eigenvalue weighted by molar-refractivity contribution is 0.100. The number of carbonyl (C=O) groups excluding carboxylic acids is 1. The number of hydrogen-bond acceptors (Lipinski definition) is 2. The van der Waals surface area contributed by atoms with Gasteiger partial charge in [0.2, 0.25) is 0 Å². The smallest absolute Gasteiger partial charge is 0.250 e. The Labute approximate surface area is 155 Å². The number of aromatic amines is 1. The van der Waals surface area contributed by atoms with E-state index in [1.165, 1.54) is 6.07 Å². The number of nitrogens with two attached hydrogens (primary N) is 1. The molecule has 27 heavy (non-hydrogen) atoms. The number of para-hydroxylation sites is 1. The highest BCUT2D eigenvalue weighted by Crippen LogP contribution is 2.42. The summed E-state index contributed by atoms with van der Waals surface area (Å²) in [7, 11) is 2.05. The van der Waals surface area contributed by atoms with E-state index in [1.807, 2.05) is 43.4 Å². The molecule has 1 aliphatic rings. The van der Waals surface area contributed by atoms with Gasteiger partial charge in [0.05, 0.1) is 11.1 Å². The molecule has 4 nitrogen and oxygen atoms in total. The molecule has 1 aromatic heterocycles. The number of halogens is 1. The molecule has 3 N–H and O–H groups in total. The minimum Gasteiger partial charge on any atom is -0.374 e. The van der Waals surface area contributed by atoms with Gasteiger partial charge in [0.15, 0.2) is 0 Å². The Bertz CT molecular complexity index is 1240. The third kappa shape index (κ3) is 2.18. The van der Waals surface area contributed by atoms with Crippen LogP contribution in [0.5, 0.6) is 0 Å². The van der Waals surface area contributed by atoms with Crippen LogP contribution in [-0.2, 0) is 6.42 Å². The SMILES string of the molecule is CN1CCc2c(-c3c(F)cc(C(N)=O)c4[nH]c5ccccc5c34)cccc21. The van der Waals surface area contributed by atoms with Crippen LogP contribution in [0.25, 0.3) is 32.9 Å². The standard InChI is InChI=1S/C22H18FN3O/c1-26-10-9-12-13(6-4-8-18(12)26)19-16(23)11-15(22(24)27)21-20(19)14-5-2-3-7-17(14)25-21/h2-8,11,25H,9-10H2,1H3,(H2,24,27). The molecule has 134 valence electrons. The van der Waals surface area contributed by atoms with Crippen molar-refractivity contribution in [3.8, 4) is 11.1 Å². The summed E-state index contributed by atoms with van der Waals surface area (Å²) in [5.41, 5.74) is 10.8. The number of primary amides is 1. The first-order valence-electron chi connectivity index (χ1n) is 8.92. The maximum atomic E-state index is 15.4. The Hall–Kier alpha value is -3.34. The summed E-state index contributed by atoms with van der Waals surface area (Å²) in [6.45, 7) is 0.907. The van der Waals surface area contributed by atoms with Crippen LogP contribution in [-0.4, -0.2) is 24.5 Å². The molecule has 0 unspecified atom stereocenters. The lowest BCUT2D eigenvalue weighted by atomic mass is 9.92. The Morgan fingerprint density at radius 1 is 1.19 bits per heavy atom. The first-order chi connectivity index (χ1) is 13.1. The Morgan fingerprint density at radius 3 is 2.81 bits per heavy atom. The van der Waals surface area contributed by atoms with Crippen molar-refractivity contribution in [2.75, 3.05) is 18.5 Å². The highest BCUT2D eigenvalue weighted by molar-refractivity contribution is 6.20. The van der Waals surface area contributed by atoms with E-state index < -0.39 is 11.7 Å². The number of aromatic nitrogens is 1. The van der Waals surface area contributed by atoms with Crippen molar-refractivity contribution in [3.63, 3.8) is 0 Å². The molecule has 0 saturated heterocycles. The third-order valence-electron chi connectivity index (χ3n) is 5.53. The monoisotopic (exact) mass is 359 g/mol. The molecule has 0 saturated carbocycles. The van der Waals surface area contributed by atoms with Gasteiger partial charge in [0, 0.05) is 41.1 Å². The zero-order valence-electron chi connectivity index (χ0n) is 14.8. The molecule has 0 radical (unpaired) electrons. The van der Waals surface area contributed by atoms with E-state index in [0.717, 1.165) is 40.7 Å². The minimum absolute atomic E-state index is 0.173. The van der Waals surface area contributed by atoms with Gasteiger partial charge in [-0.2, -0.15) is 0 Å². The topological polar surface area (TPSA) is 62.1 Å². The number of H-pyrrole nitrogens is 1. The molecule has 0 bridgehead atoms. The average molecular weight is 359 g/mol. The van der Waals surface area contributed by atoms with E-state index in [4.69, 9.17) is 5.73 Å². The predicted molar refractivity (Wildman–Crippen MR) is 107 cm³/mol. The number of rotatable bonds is 2. The number of fused-ring (bicyclic) bond motifs is 4. The van der Waals surface area contributed by atoms with E-state index >= 15 is 4.39 Å². The van der Waals surface area contributed by atoms with Gasteiger partial charge in [0.25, 0.3) is 5.91 Å². The van der Waals surface area contributed by atoms with Gasteiger partial charge in [0.1, 0.15) is 5.82 Å². The fraction of sp³-hybridized carbons (Fsp3) is 0.136. The van der Waals surface area contributed by atoms with E-state index in [1.54, 1.807) is 0 Å². The maximum absolute atomic E-state index is 15.4.